The first-order valence-electron chi connectivity index (χ1n) is 7.84. The minimum absolute atomic E-state index is 0.150. The van der Waals surface area contributed by atoms with Gasteiger partial charge in [0, 0.05) is 13.1 Å². The lowest BCUT2D eigenvalue weighted by Gasteiger charge is -2.11. The summed E-state index contributed by atoms with van der Waals surface area (Å²) in [5.74, 6) is 1.76. The smallest absolute Gasteiger partial charge is 0.246 e. The summed E-state index contributed by atoms with van der Waals surface area (Å²) in [6.45, 7) is 2.12. The zero-order valence-corrected chi connectivity index (χ0v) is 12.7. The Morgan fingerprint density at radius 1 is 1.09 bits per heavy atom. The highest BCUT2D eigenvalue weighted by Crippen LogP contribution is 2.32. The Hall–Kier alpha value is -2.23. The maximum atomic E-state index is 11.8. The van der Waals surface area contributed by atoms with Crippen molar-refractivity contribution in [2.24, 2.45) is 0 Å². The van der Waals surface area contributed by atoms with Crippen molar-refractivity contribution in [3.05, 3.63) is 42.0 Å². The molecule has 3 rings (SSSR count). The molecule has 1 saturated heterocycles. The number of hydrogen-bond donors (Lipinski definition) is 0. The Bertz CT molecular complexity index is 586. The van der Waals surface area contributed by atoms with E-state index >= 15 is 0 Å². The van der Waals surface area contributed by atoms with Gasteiger partial charge in [0.05, 0.1) is 0 Å². The molecular formula is C18H21NO3. The van der Waals surface area contributed by atoms with Crippen molar-refractivity contribution in [3.8, 4) is 11.5 Å². The van der Waals surface area contributed by atoms with Gasteiger partial charge >= 0.3 is 0 Å². The molecular weight excluding hydrogens is 278 g/mol. The van der Waals surface area contributed by atoms with Crippen molar-refractivity contribution in [1.29, 1.82) is 0 Å². The number of ether oxygens (including phenoxy) is 2. The molecule has 0 bridgehead atoms. The minimum Gasteiger partial charge on any atom is -0.454 e. The lowest BCUT2D eigenvalue weighted by molar-refractivity contribution is -0.125. The zero-order valence-electron chi connectivity index (χ0n) is 12.7. The molecule has 0 spiro atoms. The molecule has 0 unspecified atom stereocenters. The molecule has 1 amide bonds. The van der Waals surface area contributed by atoms with Gasteiger partial charge in [-0.25, -0.2) is 0 Å². The normalized spacial score (nSPS) is 17.0. The van der Waals surface area contributed by atoms with Crippen LogP contribution in [0.3, 0.4) is 0 Å². The van der Waals surface area contributed by atoms with Crippen LogP contribution in [0.15, 0.2) is 36.4 Å². The second-order valence-electron chi connectivity index (χ2n) is 5.53. The molecule has 1 aromatic rings. The summed E-state index contributed by atoms with van der Waals surface area (Å²) in [4.78, 5) is 13.7. The Kier molecular flexibility index (Phi) is 4.78. The molecule has 116 valence electrons. The molecule has 1 aromatic carbocycles. The van der Waals surface area contributed by atoms with Crippen LogP contribution in [0, 0.1) is 0 Å². The summed E-state index contributed by atoms with van der Waals surface area (Å²) in [6.07, 6.45) is 11.9. The zero-order chi connectivity index (χ0) is 15.2. The number of fused-ring (bicyclic) bond motifs is 1. The number of unbranched alkanes of at least 4 members (excludes halogenated alkanes) is 1. The Balaban J connectivity index is 1.42. The third kappa shape index (κ3) is 3.70. The summed E-state index contributed by atoms with van der Waals surface area (Å²) >= 11 is 0. The average molecular weight is 299 g/mol. The number of carbonyl (C=O) groups excluding carboxylic acids is 1. The maximum Gasteiger partial charge on any atom is 0.246 e. The first-order valence-corrected chi connectivity index (χ1v) is 7.84. The van der Waals surface area contributed by atoms with Crippen LogP contribution in [-0.4, -0.2) is 30.7 Å². The van der Waals surface area contributed by atoms with E-state index in [1.807, 2.05) is 29.2 Å². The lowest BCUT2D eigenvalue weighted by atomic mass is 10.1. The summed E-state index contributed by atoms with van der Waals surface area (Å²) in [5, 5.41) is 0. The molecule has 0 radical (unpaired) electrons. The Morgan fingerprint density at radius 2 is 1.86 bits per heavy atom. The molecule has 22 heavy (non-hydrogen) atoms. The van der Waals surface area contributed by atoms with E-state index in [4.69, 9.17) is 9.47 Å². The van der Waals surface area contributed by atoms with Crippen molar-refractivity contribution in [2.75, 3.05) is 19.9 Å². The first-order chi connectivity index (χ1) is 10.8. The van der Waals surface area contributed by atoms with Crippen LogP contribution in [0.25, 0.3) is 6.08 Å². The number of benzene rings is 1. The molecule has 0 aliphatic carbocycles. The summed E-state index contributed by atoms with van der Waals surface area (Å²) in [5.41, 5.74) is 1.10. The SMILES string of the molecule is O=C(/C=C\CC/C=C\c1ccc2c(c1)OCO2)N1CCCC1. The number of nitrogens with zero attached hydrogens (tertiary/aromatic N) is 1. The summed E-state index contributed by atoms with van der Waals surface area (Å²) < 4.78 is 10.6. The molecule has 4 nitrogen and oxygen atoms in total. The molecule has 2 heterocycles. The van der Waals surface area contributed by atoms with E-state index in [2.05, 4.69) is 12.2 Å². The van der Waals surface area contributed by atoms with E-state index in [0.717, 1.165) is 55.8 Å². The standard InChI is InChI=1S/C18H21NO3/c20-18(19-11-5-6-12-19)8-4-2-1-3-7-15-9-10-16-17(13-15)22-14-21-16/h3-4,7-10,13H,1-2,5-6,11-12,14H2/b7-3-,8-4-. The monoisotopic (exact) mass is 299 g/mol. The Morgan fingerprint density at radius 3 is 2.73 bits per heavy atom. The van der Waals surface area contributed by atoms with Crippen molar-refractivity contribution in [2.45, 2.75) is 25.7 Å². The van der Waals surface area contributed by atoms with E-state index in [-0.39, 0.29) is 5.91 Å². The number of rotatable bonds is 5. The highest BCUT2D eigenvalue weighted by atomic mass is 16.7. The molecule has 4 heteroatoms. The second-order valence-corrected chi connectivity index (χ2v) is 5.53. The van der Waals surface area contributed by atoms with Crippen molar-refractivity contribution in [1.82, 2.24) is 4.90 Å². The molecule has 2 aliphatic heterocycles. The van der Waals surface area contributed by atoms with Gasteiger partial charge in [0.2, 0.25) is 12.7 Å². The van der Waals surface area contributed by atoms with Crippen molar-refractivity contribution >= 4 is 12.0 Å². The number of amides is 1. The first kappa shape index (κ1) is 14.7. The van der Waals surface area contributed by atoms with Crippen LogP contribution >= 0.6 is 0 Å². The van der Waals surface area contributed by atoms with E-state index in [1.54, 1.807) is 6.08 Å². The number of hydrogen-bond acceptors (Lipinski definition) is 3. The van der Waals surface area contributed by atoms with Crippen LogP contribution in [0.4, 0.5) is 0 Å². The third-order valence-electron chi connectivity index (χ3n) is 3.89. The van der Waals surface area contributed by atoms with Gasteiger partial charge in [-0.3, -0.25) is 4.79 Å². The van der Waals surface area contributed by atoms with Gasteiger partial charge in [-0.1, -0.05) is 24.3 Å². The largest absolute Gasteiger partial charge is 0.454 e. The molecule has 2 aliphatic rings. The van der Waals surface area contributed by atoms with Crippen LogP contribution < -0.4 is 9.47 Å². The average Bonchev–Trinajstić information content (AvgIpc) is 3.20. The van der Waals surface area contributed by atoms with E-state index in [9.17, 15) is 4.79 Å². The quantitative estimate of drug-likeness (QED) is 0.618. The van der Waals surface area contributed by atoms with Gasteiger partial charge < -0.3 is 14.4 Å². The van der Waals surface area contributed by atoms with E-state index in [1.165, 1.54) is 0 Å². The molecule has 0 N–H and O–H groups in total. The van der Waals surface area contributed by atoms with Crippen LogP contribution in [0.5, 0.6) is 11.5 Å². The number of carbonyl (C=O) groups is 1. The second kappa shape index (κ2) is 7.16. The van der Waals surface area contributed by atoms with Gasteiger partial charge in [-0.2, -0.15) is 0 Å². The van der Waals surface area contributed by atoms with Crippen molar-refractivity contribution < 1.29 is 14.3 Å². The van der Waals surface area contributed by atoms with E-state index in [0.29, 0.717) is 6.79 Å². The maximum absolute atomic E-state index is 11.8. The summed E-state index contributed by atoms with van der Waals surface area (Å²) in [6, 6.07) is 5.92. The number of allylic oxidation sites excluding steroid dienone is 2. The van der Waals surface area contributed by atoms with Gasteiger partial charge in [0.15, 0.2) is 11.5 Å². The molecule has 0 atom stereocenters. The summed E-state index contributed by atoms with van der Waals surface area (Å²) in [7, 11) is 0. The molecule has 0 saturated carbocycles. The van der Waals surface area contributed by atoms with E-state index < -0.39 is 0 Å². The fourth-order valence-electron chi connectivity index (χ4n) is 2.66. The number of likely N-dealkylation sites (tertiary alicyclic amines) is 1. The van der Waals surface area contributed by atoms with Gasteiger partial charge in [0.1, 0.15) is 0 Å². The van der Waals surface area contributed by atoms with Gasteiger partial charge in [-0.05, 0) is 49.5 Å². The Labute approximate surface area is 131 Å². The molecule has 1 fully saturated rings. The fourth-order valence-corrected chi connectivity index (χ4v) is 2.66. The van der Waals surface area contributed by atoms with Crippen LogP contribution in [-0.2, 0) is 4.79 Å². The highest BCUT2D eigenvalue weighted by Gasteiger charge is 2.14. The van der Waals surface area contributed by atoms with Crippen LogP contribution in [0.2, 0.25) is 0 Å². The highest BCUT2D eigenvalue weighted by molar-refractivity contribution is 5.87. The van der Waals surface area contributed by atoms with Crippen molar-refractivity contribution in [3.63, 3.8) is 0 Å². The topological polar surface area (TPSA) is 38.8 Å². The molecule has 0 aromatic heterocycles. The fraction of sp³-hybridized carbons (Fsp3) is 0.389. The third-order valence-corrected chi connectivity index (χ3v) is 3.89. The lowest BCUT2D eigenvalue weighted by Crippen LogP contribution is -2.25. The van der Waals surface area contributed by atoms with Crippen LogP contribution in [0.1, 0.15) is 31.2 Å². The van der Waals surface area contributed by atoms with Gasteiger partial charge in [-0.15, -0.1) is 0 Å². The predicted octanol–water partition coefficient (Wildman–Crippen LogP) is 3.39. The predicted molar refractivity (Wildman–Crippen MR) is 85.8 cm³/mol. The minimum atomic E-state index is 0.150. The van der Waals surface area contributed by atoms with Gasteiger partial charge in [0.25, 0.3) is 0 Å².